The molecule has 2 saturated heterocycles. The summed E-state index contributed by atoms with van der Waals surface area (Å²) >= 11 is 0. The van der Waals surface area contributed by atoms with Gasteiger partial charge in [-0.15, -0.1) is 0 Å². The van der Waals surface area contributed by atoms with Crippen LogP contribution in [-0.4, -0.2) is 60.4 Å². The molecule has 7 heteroatoms. The number of imide groups is 1. The van der Waals surface area contributed by atoms with Crippen molar-refractivity contribution in [1.29, 1.82) is 0 Å². The highest BCUT2D eigenvalue weighted by Crippen LogP contribution is 2.40. The molecule has 28 heavy (non-hydrogen) atoms. The van der Waals surface area contributed by atoms with Crippen LogP contribution in [0.25, 0.3) is 0 Å². The van der Waals surface area contributed by atoms with Crippen molar-refractivity contribution < 1.29 is 23.5 Å². The standard InChI is InChI=1S/C21H27FN2O4/c1-3-9-24(14-17-8-5-10-28-17)19(26)13-21(12-18(25)23(2)20(21)27)15-6-4-7-16(22)11-15/h4,6-7,11,17H,3,5,8-10,12-14H2,1-2H3/t17-,21-/m0/s1. The first-order valence-electron chi connectivity index (χ1n) is 9.84. The van der Waals surface area contributed by atoms with E-state index in [2.05, 4.69) is 0 Å². The molecule has 152 valence electrons. The minimum Gasteiger partial charge on any atom is -0.376 e. The monoisotopic (exact) mass is 390 g/mol. The molecule has 2 aliphatic heterocycles. The van der Waals surface area contributed by atoms with Crippen LogP contribution in [0.4, 0.5) is 4.39 Å². The van der Waals surface area contributed by atoms with Crippen LogP contribution in [0.3, 0.4) is 0 Å². The molecule has 0 spiro atoms. The van der Waals surface area contributed by atoms with Crippen molar-refractivity contribution in [3.8, 4) is 0 Å². The van der Waals surface area contributed by atoms with Crippen LogP contribution in [0.2, 0.25) is 0 Å². The molecule has 3 rings (SSSR count). The maximum atomic E-state index is 13.9. The molecule has 2 atom stereocenters. The first-order valence-corrected chi connectivity index (χ1v) is 9.84. The lowest BCUT2D eigenvalue weighted by atomic mass is 9.75. The summed E-state index contributed by atoms with van der Waals surface area (Å²) in [5, 5.41) is 0. The van der Waals surface area contributed by atoms with E-state index in [4.69, 9.17) is 4.74 Å². The predicted molar refractivity (Wildman–Crippen MR) is 101 cm³/mol. The van der Waals surface area contributed by atoms with E-state index in [0.29, 0.717) is 25.3 Å². The zero-order valence-corrected chi connectivity index (χ0v) is 16.4. The quantitative estimate of drug-likeness (QED) is 0.670. The lowest BCUT2D eigenvalue weighted by molar-refractivity contribution is -0.142. The summed E-state index contributed by atoms with van der Waals surface area (Å²) < 4.78 is 19.5. The fourth-order valence-electron chi connectivity index (χ4n) is 4.13. The lowest BCUT2D eigenvalue weighted by Crippen LogP contribution is -2.45. The number of benzene rings is 1. The number of likely N-dealkylation sites (N-methyl/N-ethyl adjacent to an activating group) is 1. The van der Waals surface area contributed by atoms with Gasteiger partial charge in [-0.2, -0.15) is 0 Å². The zero-order valence-electron chi connectivity index (χ0n) is 16.4. The molecule has 0 aromatic heterocycles. The summed E-state index contributed by atoms with van der Waals surface area (Å²) in [6.07, 6.45) is 2.38. The van der Waals surface area contributed by atoms with E-state index in [1.807, 2.05) is 6.92 Å². The molecule has 0 aliphatic carbocycles. The Labute approximate surface area is 164 Å². The Balaban J connectivity index is 1.89. The SMILES string of the molecule is CCCN(C[C@@H]1CCCO1)C(=O)C[C@]1(c2cccc(F)c2)CC(=O)N(C)C1=O. The van der Waals surface area contributed by atoms with E-state index in [1.54, 1.807) is 11.0 Å². The molecule has 0 saturated carbocycles. The number of carbonyl (C=O) groups excluding carboxylic acids is 3. The van der Waals surface area contributed by atoms with Gasteiger partial charge in [0.15, 0.2) is 0 Å². The smallest absolute Gasteiger partial charge is 0.240 e. The Kier molecular flexibility index (Phi) is 6.13. The van der Waals surface area contributed by atoms with Crippen molar-refractivity contribution in [2.24, 2.45) is 0 Å². The van der Waals surface area contributed by atoms with Gasteiger partial charge in [0.2, 0.25) is 17.7 Å². The van der Waals surface area contributed by atoms with Gasteiger partial charge in [0.25, 0.3) is 0 Å². The van der Waals surface area contributed by atoms with Crippen LogP contribution in [0, 0.1) is 5.82 Å². The third kappa shape index (κ3) is 3.94. The summed E-state index contributed by atoms with van der Waals surface area (Å²) in [6.45, 7) is 3.71. The van der Waals surface area contributed by atoms with Crippen LogP contribution in [0.15, 0.2) is 24.3 Å². The van der Waals surface area contributed by atoms with Crippen LogP contribution in [0.1, 0.15) is 44.6 Å². The number of hydrogen-bond acceptors (Lipinski definition) is 4. The fourth-order valence-corrected chi connectivity index (χ4v) is 4.13. The third-order valence-electron chi connectivity index (χ3n) is 5.67. The Morgan fingerprint density at radius 2 is 2.18 bits per heavy atom. The van der Waals surface area contributed by atoms with Crippen LogP contribution < -0.4 is 0 Å². The van der Waals surface area contributed by atoms with Crippen molar-refractivity contribution in [1.82, 2.24) is 9.80 Å². The Morgan fingerprint density at radius 3 is 2.75 bits per heavy atom. The highest BCUT2D eigenvalue weighted by Gasteiger charge is 2.53. The van der Waals surface area contributed by atoms with Gasteiger partial charge in [-0.1, -0.05) is 19.1 Å². The number of halogens is 1. The molecular weight excluding hydrogens is 363 g/mol. The number of amides is 3. The third-order valence-corrected chi connectivity index (χ3v) is 5.67. The Bertz CT molecular complexity index is 763. The maximum absolute atomic E-state index is 13.9. The van der Waals surface area contributed by atoms with Gasteiger partial charge in [0, 0.05) is 39.6 Å². The van der Waals surface area contributed by atoms with E-state index in [0.717, 1.165) is 24.2 Å². The second kappa shape index (κ2) is 8.39. The number of nitrogens with zero attached hydrogens (tertiary/aromatic N) is 2. The minimum atomic E-state index is -1.35. The molecule has 2 fully saturated rings. The highest BCUT2D eigenvalue weighted by molar-refractivity contribution is 6.10. The predicted octanol–water partition coefficient (Wildman–Crippen LogP) is 2.26. The largest absolute Gasteiger partial charge is 0.376 e. The molecule has 0 unspecified atom stereocenters. The van der Waals surface area contributed by atoms with E-state index in [9.17, 15) is 18.8 Å². The summed E-state index contributed by atoms with van der Waals surface area (Å²) in [5.41, 5.74) is -0.981. The molecule has 1 aromatic rings. The Hall–Kier alpha value is -2.28. The highest BCUT2D eigenvalue weighted by atomic mass is 19.1. The van der Waals surface area contributed by atoms with Gasteiger partial charge >= 0.3 is 0 Å². The average Bonchev–Trinajstić information content (AvgIpc) is 3.25. The maximum Gasteiger partial charge on any atom is 0.240 e. The minimum absolute atomic E-state index is 0.00389. The first-order chi connectivity index (χ1) is 13.4. The van der Waals surface area contributed by atoms with Crippen LogP contribution >= 0.6 is 0 Å². The molecule has 2 aliphatic rings. The van der Waals surface area contributed by atoms with E-state index in [1.165, 1.54) is 25.2 Å². The van der Waals surface area contributed by atoms with Crippen molar-refractivity contribution in [2.75, 3.05) is 26.7 Å². The molecule has 2 heterocycles. The summed E-state index contributed by atoms with van der Waals surface area (Å²) in [7, 11) is 1.41. The Morgan fingerprint density at radius 1 is 1.39 bits per heavy atom. The number of ether oxygens (including phenoxy) is 1. The number of carbonyl (C=O) groups is 3. The molecule has 3 amide bonds. The lowest BCUT2D eigenvalue weighted by Gasteiger charge is -2.31. The van der Waals surface area contributed by atoms with Crippen LogP contribution in [-0.2, 0) is 24.5 Å². The van der Waals surface area contributed by atoms with E-state index < -0.39 is 17.1 Å². The molecule has 0 radical (unpaired) electrons. The second-order valence-electron chi connectivity index (χ2n) is 7.68. The van der Waals surface area contributed by atoms with Gasteiger partial charge in [0.05, 0.1) is 11.5 Å². The number of hydrogen-bond donors (Lipinski definition) is 0. The summed E-state index contributed by atoms with van der Waals surface area (Å²) in [6, 6.07) is 5.65. The molecule has 1 aromatic carbocycles. The summed E-state index contributed by atoms with van der Waals surface area (Å²) in [4.78, 5) is 41.2. The van der Waals surface area contributed by atoms with E-state index in [-0.39, 0.29) is 30.8 Å². The number of likely N-dealkylation sites (tertiary alicyclic amines) is 1. The van der Waals surface area contributed by atoms with Gasteiger partial charge in [-0.3, -0.25) is 19.3 Å². The summed E-state index contributed by atoms with van der Waals surface area (Å²) in [5.74, 6) is -1.52. The van der Waals surface area contributed by atoms with Gasteiger partial charge in [-0.25, -0.2) is 4.39 Å². The molecule has 0 bridgehead atoms. The second-order valence-corrected chi connectivity index (χ2v) is 7.68. The van der Waals surface area contributed by atoms with E-state index >= 15 is 0 Å². The normalized spacial score (nSPS) is 24.8. The average molecular weight is 390 g/mol. The topological polar surface area (TPSA) is 66.9 Å². The molecule has 0 N–H and O–H groups in total. The van der Waals surface area contributed by atoms with Crippen molar-refractivity contribution in [3.05, 3.63) is 35.6 Å². The fraction of sp³-hybridized carbons (Fsp3) is 0.571. The van der Waals surface area contributed by atoms with Crippen molar-refractivity contribution in [3.63, 3.8) is 0 Å². The van der Waals surface area contributed by atoms with Crippen LogP contribution in [0.5, 0.6) is 0 Å². The number of rotatable bonds is 7. The first kappa shape index (κ1) is 20.5. The molecule has 6 nitrogen and oxygen atoms in total. The van der Waals surface area contributed by atoms with Gasteiger partial charge < -0.3 is 9.64 Å². The van der Waals surface area contributed by atoms with Crippen molar-refractivity contribution >= 4 is 17.7 Å². The zero-order chi connectivity index (χ0) is 20.3. The van der Waals surface area contributed by atoms with Gasteiger partial charge in [-0.05, 0) is 37.0 Å². The van der Waals surface area contributed by atoms with Gasteiger partial charge in [0.1, 0.15) is 5.82 Å². The van der Waals surface area contributed by atoms with Crippen molar-refractivity contribution in [2.45, 2.75) is 50.5 Å². The molecular formula is C21H27FN2O4.